The molecule has 0 amide bonds. The Balaban J connectivity index is 2.19. The number of aromatic nitrogens is 3. The van der Waals surface area contributed by atoms with Gasteiger partial charge in [0.05, 0.1) is 18.8 Å². The molecule has 1 N–H and O–H groups in total. The molecule has 4 nitrogen and oxygen atoms in total. The van der Waals surface area contributed by atoms with E-state index in [9.17, 15) is 13.9 Å². The molecule has 1 aromatic carbocycles. The van der Waals surface area contributed by atoms with E-state index in [-0.39, 0.29) is 12.1 Å². The molecule has 0 bridgehead atoms. The molecule has 0 aliphatic heterocycles. The molecule has 96 valence electrons. The highest BCUT2D eigenvalue weighted by Crippen LogP contribution is 2.15. The quantitative estimate of drug-likeness (QED) is 0.907. The first kappa shape index (κ1) is 12.6. The van der Waals surface area contributed by atoms with Crippen molar-refractivity contribution in [3.05, 3.63) is 47.3 Å². The van der Waals surface area contributed by atoms with Crippen LogP contribution in [0.4, 0.5) is 8.78 Å². The van der Waals surface area contributed by atoms with Crippen molar-refractivity contribution in [1.82, 2.24) is 15.0 Å². The summed E-state index contributed by atoms with van der Waals surface area (Å²) >= 11 is 0. The minimum absolute atomic E-state index is 0.0764. The second-order valence-corrected chi connectivity index (χ2v) is 3.98. The standard InChI is InChI=1S/C12H13F2N3O/c1-2-11(18)10-7-17(16-15-10)6-8-4-3-5-9(13)12(8)14/h3-5,7,11,18H,2,6H2,1H3. The first-order valence-electron chi connectivity index (χ1n) is 5.62. The van der Waals surface area contributed by atoms with Crippen LogP contribution in [-0.2, 0) is 6.54 Å². The fraction of sp³-hybridized carbons (Fsp3) is 0.333. The highest BCUT2D eigenvalue weighted by Gasteiger charge is 2.12. The van der Waals surface area contributed by atoms with Crippen LogP contribution in [0.1, 0.15) is 30.7 Å². The molecule has 0 spiro atoms. The van der Waals surface area contributed by atoms with Crippen LogP contribution in [0.3, 0.4) is 0 Å². The lowest BCUT2D eigenvalue weighted by Crippen LogP contribution is -2.04. The predicted octanol–water partition coefficient (Wildman–Crippen LogP) is 2.05. The zero-order chi connectivity index (χ0) is 13.1. The first-order valence-corrected chi connectivity index (χ1v) is 5.62. The van der Waals surface area contributed by atoms with Crippen LogP contribution < -0.4 is 0 Å². The van der Waals surface area contributed by atoms with Gasteiger partial charge in [0, 0.05) is 5.56 Å². The van der Waals surface area contributed by atoms with E-state index in [0.29, 0.717) is 12.1 Å². The minimum atomic E-state index is -0.888. The summed E-state index contributed by atoms with van der Waals surface area (Å²) in [6, 6.07) is 3.98. The number of nitrogens with zero attached hydrogens (tertiary/aromatic N) is 3. The molecule has 2 rings (SSSR count). The molecule has 6 heteroatoms. The third kappa shape index (κ3) is 2.53. The Morgan fingerprint density at radius 2 is 2.17 bits per heavy atom. The van der Waals surface area contributed by atoms with Crippen molar-refractivity contribution >= 4 is 0 Å². The number of halogens is 2. The monoisotopic (exact) mass is 253 g/mol. The van der Waals surface area contributed by atoms with Crippen molar-refractivity contribution in [2.75, 3.05) is 0 Å². The zero-order valence-electron chi connectivity index (χ0n) is 9.85. The zero-order valence-corrected chi connectivity index (χ0v) is 9.85. The van der Waals surface area contributed by atoms with Gasteiger partial charge < -0.3 is 5.11 Å². The molecule has 0 saturated heterocycles. The number of benzene rings is 1. The fourth-order valence-electron chi connectivity index (χ4n) is 1.60. The molecule has 0 aliphatic rings. The maximum Gasteiger partial charge on any atom is 0.163 e. The van der Waals surface area contributed by atoms with Crippen molar-refractivity contribution in [3.63, 3.8) is 0 Å². The van der Waals surface area contributed by atoms with Gasteiger partial charge in [-0.05, 0) is 12.5 Å². The van der Waals surface area contributed by atoms with Gasteiger partial charge in [0.15, 0.2) is 11.6 Å². The highest BCUT2D eigenvalue weighted by molar-refractivity contribution is 5.19. The molecule has 0 saturated carbocycles. The van der Waals surface area contributed by atoms with E-state index in [1.807, 2.05) is 6.92 Å². The lowest BCUT2D eigenvalue weighted by atomic mass is 10.2. The van der Waals surface area contributed by atoms with Gasteiger partial charge in [0.25, 0.3) is 0 Å². The van der Waals surface area contributed by atoms with Crippen LogP contribution in [0.5, 0.6) is 0 Å². The Morgan fingerprint density at radius 3 is 2.89 bits per heavy atom. The van der Waals surface area contributed by atoms with E-state index in [1.165, 1.54) is 23.0 Å². The fourth-order valence-corrected chi connectivity index (χ4v) is 1.60. The van der Waals surface area contributed by atoms with Gasteiger partial charge in [-0.25, -0.2) is 13.5 Å². The van der Waals surface area contributed by atoms with Gasteiger partial charge in [-0.15, -0.1) is 5.10 Å². The third-order valence-electron chi connectivity index (χ3n) is 2.65. The van der Waals surface area contributed by atoms with E-state index in [2.05, 4.69) is 10.3 Å². The van der Waals surface area contributed by atoms with Crippen molar-refractivity contribution < 1.29 is 13.9 Å². The number of hydrogen-bond donors (Lipinski definition) is 1. The Morgan fingerprint density at radius 1 is 1.39 bits per heavy atom. The van der Waals surface area contributed by atoms with Crippen molar-refractivity contribution in [1.29, 1.82) is 0 Å². The SMILES string of the molecule is CCC(O)c1cn(Cc2cccc(F)c2F)nn1. The van der Waals surface area contributed by atoms with Gasteiger partial charge in [-0.2, -0.15) is 0 Å². The molecule has 1 atom stereocenters. The molecule has 1 heterocycles. The highest BCUT2D eigenvalue weighted by atomic mass is 19.2. The first-order chi connectivity index (χ1) is 8.61. The largest absolute Gasteiger partial charge is 0.387 e. The van der Waals surface area contributed by atoms with E-state index in [0.717, 1.165) is 6.07 Å². The summed E-state index contributed by atoms with van der Waals surface area (Å²) < 4.78 is 27.8. The van der Waals surface area contributed by atoms with Crippen LogP contribution >= 0.6 is 0 Å². The number of hydrogen-bond acceptors (Lipinski definition) is 3. The normalized spacial score (nSPS) is 12.7. The van der Waals surface area contributed by atoms with Crippen LogP contribution in [0.2, 0.25) is 0 Å². The molecule has 18 heavy (non-hydrogen) atoms. The lowest BCUT2D eigenvalue weighted by Gasteiger charge is -2.03. The van der Waals surface area contributed by atoms with Crippen molar-refractivity contribution in [3.8, 4) is 0 Å². The van der Waals surface area contributed by atoms with Gasteiger partial charge in [-0.1, -0.05) is 24.3 Å². The second-order valence-electron chi connectivity index (χ2n) is 3.98. The summed E-state index contributed by atoms with van der Waals surface area (Å²) in [5.41, 5.74) is 0.617. The van der Waals surface area contributed by atoms with Crippen molar-refractivity contribution in [2.45, 2.75) is 26.0 Å². The Kier molecular flexibility index (Phi) is 3.66. The van der Waals surface area contributed by atoms with Gasteiger partial charge >= 0.3 is 0 Å². The van der Waals surface area contributed by atoms with Gasteiger partial charge in [0.2, 0.25) is 0 Å². The summed E-state index contributed by atoms with van der Waals surface area (Å²) in [5.74, 6) is -1.77. The number of rotatable bonds is 4. The van der Waals surface area contributed by atoms with Crippen molar-refractivity contribution in [2.24, 2.45) is 0 Å². The molecule has 0 aliphatic carbocycles. The third-order valence-corrected chi connectivity index (χ3v) is 2.65. The molecular formula is C12H13F2N3O. The molecule has 2 aromatic rings. The Bertz CT molecular complexity index is 542. The maximum atomic E-state index is 13.4. The summed E-state index contributed by atoms with van der Waals surface area (Å²) in [5, 5.41) is 17.1. The number of aliphatic hydroxyl groups is 1. The number of aliphatic hydroxyl groups excluding tert-OH is 1. The molecular weight excluding hydrogens is 240 g/mol. The lowest BCUT2D eigenvalue weighted by molar-refractivity contribution is 0.168. The minimum Gasteiger partial charge on any atom is -0.387 e. The Hall–Kier alpha value is -1.82. The second kappa shape index (κ2) is 5.22. The van der Waals surface area contributed by atoms with Gasteiger partial charge in [-0.3, -0.25) is 0 Å². The predicted molar refractivity (Wildman–Crippen MR) is 60.7 cm³/mol. The van der Waals surface area contributed by atoms with Gasteiger partial charge in [0.1, 0.15) is 5.69 Å². The molecule has 0 radical (unpaired) electrons. The van der Waals surface area contributed by atoms with E-state index >= 15 is 0 Å². The van der Waals surface area contributed by atoms with Crippen LogP contribution in [-0.4, -0.2) is 20.1 Å². The summed E-state index contributed by atoms with van der Waals surface area (Å²) in [4.78, 5) is 0. The van der Waals surface area contributed by atoms with E-state index in [4.69, 9.17) is 0 Å². The summed E-state index contributed by atoms with van der Waals surface area (Å²) in [7, 11) is 0. The topological polar surface area (TPSA) is 50.9 Å². The Labute approximate surface area is 103 Å². The van der Waals surface area contributed by atoms with Crippen LogP contribution in [0, 0.1) is 11.6 Å². The maximum absolute atomic E-state index is 13.4. The molecule has 1 unspecified atom stereocenters. The molecule has 1 aromatic heterocycles. The average Bonchev–Trinajstić information content (AvgIpc) is 2.82. The molecule has 0 fully saturated rings. The van der Waals surface area contributed by atoms with E-state index in [1.54, 1.807) is 0 Å². The van der Waals surface area contributed by atoms with E-state index < -0.39 is 17.7 Å². The average molecular weight is 253 g/mol. The van der Waals surface area contributed by atoms with Crippen LogP contribution in [0.15, 0.2) is 24.4 Å². The summed E-state index contributed by atoms with van der Waals surface area (Å²) in [6.07, 6.45) is 1.36. The summed E-state index contributed by atoms with van der Waals surface area (Å²) in [6.45, 7) is 1.89. The van der Waals surface area contributed by atoms with Crippen LogP contribution in [0.25, 0.3) is 0 Å². The smallest absolute Gasteiger partial charge is 0.163 e.